The van der Waals surface area contributed by atoms with Crippen molar-refractivity contribution in [2.24, 2.45) is 0 Å². The van der Waals surface area contributed by atoms with E-state index in [4.69, 9.17) is 9.47 Å². The third kappa shape index (κ3) is 5.45. The van der Waals surface area contributed by atoms with Crippen molar-refractivity contribution < 1.29 is 19.1 Å². The molecule has 28 heavy (non-hydrogen) atoms. The van der Waals surface area contributed by atoms with Gasteiger partial charge in [-0.05, 0) is 45.0 Å². The van der Waals surface area contributed by atoms with Gasteiger partial charge in [0.05, 0.1) is 24.0 Å². The van der Waals surface area contributed by atoms with E-state index in [1.807, 2.05) is 26.0 Å². The Hall–Kier alpha value is -3.59. The summed E-state index contributed by atoms with van der Waals surface area (Å²) in [6.45, 7) is 5.71. The van der Waals surface area contributed by atoms with Crippen molar-refractivity contribution in [2.75, 3.05) is 11.9 Å². The summed E-state index contributed by atoms with van der Waals surface area (Å²) in [5.41, 5.74) is 0.998. The highest BCUT2D eigenvalue weighted by atomic mass is 16.5. The number of hydrogen-bond acceptors (Lipinski definition) is 5. The first-order chi connectivity index (χ1) is 13.5. The highest BCUT2D eigenvalue weighted by Crippen LogP contribution is 2.23. The van der Waals surface area contributed by atoms with Crippen molar-refractivity contribution in [3.63, 3.8) is 0 Å². The van der Waals surface area contributed by atoms with Crippen LogP contribution in [-0.2, 0) is 9.53 Å². The molecule has 0 aliphatic rings. The van der Waals surface area contributed by atoms with Gasteiger partial charge in [-0.3, -0.25) is 4.79 Å². The number of nitriles is 1. The maximum Gasteiger partial charge on any atom is 0.340 e. The molecule has 0 spiro atoms. The maximum absolute atomic E-state index is 12.6. The zero-order valence-electron chi connectivity index (χ0n) is 16.1. The van der Waals surface area contributed by atoms with Crippen molar-refractivity contribution in [3.05, 3.63) is 65.2 Å². The Morgan fingerprint density at radius 2 is 1.82 bits per heavy atom. The molecule has 6 heteroatoms. The number of carbonyl (C=O) groups excluding carboxylic acids is 2. The molecule has 0 aliphatic carbocycles. The number of benzene rings is 2. The monoisotopic (exact) mass is 378 g/mol. The predicted octanol–water partition coefficient (Wildman–Crippen LogP) is 4.20. The summed E-state index contributed by atoms with van der Waals surface area (Å²) in [6, 6.07) is 15.5. The molecule has 0 unspecified atom stereocenters. The first-order valence-electron chi connectivity index (χ1n) is 8.91. The van der Waals surface area contributed by atoms with E-state index in [2.05, 4.69) is 5.32 Å². The third-order valence-corrected chi connectivity index (χ3v) is 3.62. The van der Waals surface area contributed by atoms with Gasteiger partial charge in [-0.2, -0.15) is 5.26 Å². The van der Waals surface area contributed by atoms with Crippen molar-refractivity contribution in [3.8, 4) is 11.8 Å². The van der Waals surface area contributed by atoms with E-state index < -0.39 is 11.9 Å². The van der Waals surface area contributed by atoms with Gasteiger partial charge in [0.1, 0.15) is 17.4 Å². The Morgan fingerprint density at radius 3 is 2.50 bits per heavy atom. The molecule has 0 radical (unpaired) electrons. The summed E-state index contributed by atoms with van der Waals surface area (Å²) in [5, 5.41) is 12.1. The molecule has 0 aromatic heterocycles. The second kappa shape index (κ2) is 9.93. The average molecular weight is 378 g/mol. The fourth-order valence-electron chi connectivity index (χ4n) is 2.43. The van der Waals surface area contributed by atoms with Crippen LogP contribution in [-0.4, -0.2) is 24.6 Å². The fraction of sp³-hybridized carbons (Fsp3) is 0.227. The number of nitrogens with zero attached hydrogens (tertiary/aromatic N) is 1. The normalized spacial score (nSPS) is 10.9. The van der Waals surface area contributed by atoms with Crippen LogP contribution in [0.5, 0.6) is 5.75 Å². The van der Waals surface area contributed by atoms with Gasteiger partial charge in [0.25, 0.3) is 5.91 Å². The number of nitrogens with one attached hydrogen (secondary N) is 1. The Kier molecular flexibility index (Phi) is 7.35. The van der Waals surface area contributed by atoms with E-state index in [1.54, 1.807) is 49.4 Å². The predicted molar refractivity (Wildman–Crippen MR) is 107 cm³/mol. The second-order valence-corrected chi connectivity index (χ2v) is 6.09. The zero-order chi connectivity index (χ0) is 20.5. The molecule has 6 nitrogen and oxygen atoms in total. The number of anilines is 1. The van der Waals surface area contributed by atoms with Crippen LogP contribution in [0.15, 0.2) is 54.1 Å². The Morgan fingerprint density at radius 1 is 1.14 bits per heavy atom. The second-order valence-electron chi connectivity index (χ2n) is 6.09. The lowest BCUT2D eigenvalue weighted by atomic mass is 10.1. The molecule has 2 rings (SSSR count). The number of ether oxygens (including phenoxy) is 2. The molecule has 2 aromatic carbocycles. The number of hydrogen-bond donors (Lipinski definition) is 1. The van der Waals surface area contributed by atoms with Crippen LogP contribution in [0.3, 0.4) is 0 Å². The van der Waals surface area contributed by atoms with Crippen LogP contribution in [0.1, 0.15) is 36.7 Å². The maximum atomic E-state index is 12.6. The summed E-state index contributed by atoms with van der Waals surface area (Å²) in [7, 11) is 0. The number of amides is 1. The summed E-state index contributed by atoms with van der Waals surface area (Å²) >= 11 is 0. The van der Waals surface area contributed by atoms with E-state index in [0.29, 0.717) is 11.3 Å². The topological polar surface area (TPSA) is 88.4 Å². The minimum atomic E-state index is -0.626. The van der Waals surface area contributed by atoms with Crippen LogP contribution in [0.25, 0.3) is 6.08 Å². The summed E-state index contributed by atoms with van der Waals surface area (Å²) in [5.74, 6) is -0.597. The minimum absolute atomic E-state index is 0.0506. The molecule has 0 atom stereocenters. The number of carbonyl (C=O) groups is 2. The highest BCUT2D eigenvalue weighted by Gasteiger charge is 2.17. The van der Waals surface area contributed by atoms with Crippen molar-refractivity contribution >= 4 is 23.6 Å². The van der Waals surface area contributed by atoms with E-state index in [-0.39, 0.29) is 29.5 Å². The van der Waals surface area contributed by atoms with E-state index in [9.17, 15) is 14.9 Å². The Labute approximate surface area is 164 Å². The van der Waals surface area contributed by atoms with Gasteiger partial charge in [-0.1, -0.05) is 30.3 Å². The first-order valence-corrected chi connectivity index (χ1v) is 8.91. The lowest BCUT2D eigenvalue weighted by Gasteiger charge is -2.13. The SMILES string of the molecule is CCOC(=O)c1ccccc1NC(=O)/C(C#N)=C/c1ccccc1OC(C)C. The van der Waals surface area contributed by atoms with Gasteiger partial charge < -0.3 is 14.8 Å². The van der Waals surface area contributed by atoms with E-state index >= 15 is 0 Å². The third-order valence-electron chi connectivity index (χ3n) is 3.62. The molecule has 144 valence electrons. The number of rotatable bonds is 7. The largest absolute Gasteiger partial charge is 0.490 e. The summed E-state index contributed by atoms with van der Waals surface area (Å²) in [6.07, 6.45) is 1.41. The van der Waals surface area contributed by atoms with Crippen LogP contribution < -0.4 is 10.1 Å². The quantitative estimate of drug-likeness (QED) is 0.443. The van der Waals surface area contributed by atoms with Crippen LogP contribution in [0.4, 0.5) is 5.69 Å². The molecule has 0 fully saturated rings. The molecule has 0 saturated carbocycles. The smallest absolute Gasteiger partial charge is 0.340 e. The van der Waals surface area contributed by atoms with Gasteiger partial charge in [0.2, 0.25) is 0 Å². The molecule has 1 amide bonds. The molecule has 0 aliphatic heterocycles. The van der Waals surface area contributed by atoms with Crippen molar-refractivity contribution in [2.45, 2.75) is 26.9 Å². The minimum Gasteiger partial charge on any atom is -0.490 e. The lowest BCUT2D eigenvalue weighted by Crippen LogP contribution is -2.17. The van der Waals surface area contributed by atoms with Crippen LogP contribution in [0, 0.1) is 11.3 Å². The zero-order valence-corrected chi connectivity index (χ0v) is 16.1. The van der Waals surface area contributed by atoms with E-state index in [1.165, 1.54) is 6.08 Å². The Bertz CT molecular complexity index is 926. The first kappa shape index (κ1) is 20.7. The number of esters is 1. The Balaban J connectivity index is 2.30. The molecular weight excluding hydrogens is 356 g/mol. The van der Waals surface area contributed by atoms with E-state index in [0.717, 1.165) is 0 Å². The summed E-state index contributed by atoms with van der Waals surface area (Å²) < 4.78 is 10.7. The van der Waals surface area contributed by atoms with Crippen LogP contribution >= 0.6 is 0 Å². The van der Waals surface area contributed by atoms with Gasteiger partial charge >= 0.3 is 5.97 Å². The van der Waals surface area contributed by atoms with Crippen LogP contribution in [0.2, 0.25) is 0 Å². The molecular formula is C22H22N2O4. The van der Waals surface area contributed by atoms with Gasteiger partial charge in [-0.25, -0.2) is 4.79 Å². The van der Waals surface area contributed by atoms with Crippen molar-refractivity contribution in [1.29, 1.82) is 5.26 Å². The highest BCUT2D eigenvalue weighted by molar-refractivity contribution is 6.12. The van der Waals surface area contributed by atoms with Gasteiger partial charge in [0, 0.05) is 5.56 Å². The molecule has 2 aromatic rings. The molecule has 0 saturated heterocycles. The standard InChI is InChI=1S/C22H22N2O4/c1-4-27-22(26)18-10-6-7-11-19(18)24-21(25)17(14-23)13-16-9-5-8-12-20(16)28-15(2)3/h5-13,15H,4H2,1-3H3,(H,24,25)/b17-13+. The molecule has 0 heterocycles. The molecule has 0 bridgehead atoms. The van der Waals surface area contributed by atoms with Gasteiger partial charge in [0.15, 0.2) is 0 Å². The number of para-hydroxylation sites is 2. The lowest BCUT2D eigenvalue weighted by molar-refractivity contribution is -0.112. The molecule has 1 N–H and O–H groups in total. The average Bonchev–Trinajstić information content (AvgIpc) is 2.67. The van der Waals surface area contributed by atoms with Gasteiger partial charge in [-0.15, -0.1) is 0 Å². The summed E-state index contributed by atoms with van der Waals surface area (Å²) in [4.78, 5) is 24.7. The fourth-order valence-corrected chi connectivity index (χ4v) is 2.43. The van der Waals surface area contributed by atoms with Crippen molar-refractivity contribution in [1.82, 2.24) is 0 Å².